The molecule has 0 aliphatic carbocycles. The van der Waals surface area contributed by atoms with E-state index < -0.39 is 0 Å². The number of hydrogen-bond donors (Lipinski definition) is 0. The maximum Gasteiger partial charge on any atom is 0.191 e. The lowest BCUT2D eigenvalue weighted by Crippen LogP contribution is -1.94. The minimum Gasteiger partial charge on any atom is -0.240 e. The minimum atomic E-state index is 0.273. The lowest BCUT2D eigenvalue weighted by atomic mass is 10.1. The van der Waals surface area contributed by atoms with Crippen LogP contribution in [0.3, 0.4) is 0 Å². The Morgan fingerprint density at radius 1 is 1.05 bits per heavy atom. The van der Waals surface area contributed by atoms with Crippen molar-refractivity contribution in [2.24, 2.45) is 0 Å². The van der Waals surface area contributed by atoms with E-state index in [1.165, 1.54) is 17.5 Å². The van der Waals surface area contributed by atoms with Gasteiger partial charge in [-0.2, -0.15) is 0 Å². The fourth-order valence-corrected chi connectivity index (χ4v) is 3.59. The zero-order valence-electron chi connectivity index (χ0n) is 10.1. The maximum atomic E-state index is 6.27. The maximum absolute atomic E-state index is 6.27. The summed E-state index contributed by atoms with van der Waals surface area (Å²) in [5.41, 5.74) is 1.43. The van der Waals surface area contributed by atoms with Crippen LogP contribution in [0.4, 0.5) is 0 Å². The van der Waals surface area contributed by atoms with Crippen molar-refractivity contribution in [3.8, 4) is 22.0 Å². The standard InChI is InChI=1S/C13H5BrCl3N3S/c14-7-3-1-2-6(4-7)9-10(16)19-12(20-11(9)17)13-18-5-8(15)21-13/h1-5H. The van der Waals surface area contributed by atoms with Gasteiger partial charge in [0, 0.05) is 4.47 Å². The largest absolute Gasteiger partial charge is 0.240 e. The van der Waals surface area contributed by atoms with E-state index in [0.29, 0.717) is 20.7 Å². The van der Waals surface area contributed by atoms with Crippen LogP contribution in [0.15, 0.2) is 34.9 Å². The predicted octanol–water partition coefficient (Wildman–Crippen LogP) is 5.99. The van der Waals surface area contributed by atoms with Crippen LogP contribution in [-0.2, 0) is 0 Å². The van der Waals surface area contributed by atoms with Crippen LogP contribution in [0.5, 0.6) is 0 Å². The van der Waals surface area contributed by atoms with Crippen LogP contribution in [0.1, 0.15) is 0 Å². The van der Waals surface area contributed by atoms with E-state index in [1.54, 1.807) is 0 Å². The van der Waals surface area contributed by atoms with Gasteiger partial charge >= 0.3 is 0 Å². The first kappa shape index (κ1) is 15.2. The van der Waals surface area contributed by atoms with Crippen molar-refractivity contribution in [2.45, 2.75) is 0 Å². The number of rotatable bonds is 2. The zero-order chi connectivity index (χ0) is 15.0. The number of hydrogen-bond acceptors (Lipinski definition) is 4. The lowest BCUT2D eigenvalue weighted by molar-refractivity contribution is 1.16. The highest BCUT2D eigenvalue weighted by atomic mass is 79.9. The number of nitrogens with zero attached hydrogens (tertiary/aromatic N) is 3. The van der Waals surface area contributed by atoms with Crippen LogP contribution >= 0.6 is 62.1 Å². The summed E-state index contributed by atoms with van der Waals surface area (Å²) in [4.78, 5) is 12.7. The average Bonchev–Trinajstić information content (AvgIpc) is 2.85. The summed E-state index contributed by atoms with van der Waals surface area (Å²) in [6, 6.07) is 7.59. The minimum absolute atomic E-state index is 0.273. The summed E-state index contributed by atoms with van der Waals surface area (Å²) < 4.78 is 1.47. The van der Waals surface area contributed by atoms with Crippen LogP contribution in [0.25, 0.3) is 22.0 Å². The molecule has 2 heterocycles. The molecule has 3 nitrogen and oxygen atoms in total. The van der Waals surface area contributed by atoms with Crippen molar-refractivity contribution in [3.05, 3.63) is 49.6 Å². The van der Waals surface area contributed by atoms with Gasteiger partial charge < -0.3 is 0 Å². The molecule has 0 fully saturated rings. The van der Waals surface area contributed by atoms with Gasteiger partial charge in [-0.1, -0.05) is 74.2 Å². The van der Waals surface area contributed by atoms with E-state index in [9.17, 15) is 0 Å². The van der Waals surface area contributed by atoms with Crippen LogP contribution < -0.4 is 0 Å². The third-order valence-electron chi connectivity index (χ3n) is 2.60. The molecular weight excluding hydrogens is 416 g/mol. The van der Waals surface area contributed by atoms with Crippen molar-refractivity contribution >= 4 is 62.1 Å². The Bertz CT molecular complexity index is 799. The fourth-order valence-electron chi connectivity index (χ4n) is 1.74. The highest BCUT2D eigenvalue weighted by Gasteiger charge is 2.16. The summed E-state index contributed by atoms with van der Waals surface area (Å²) in [6.07, 6.45) is 1.54. The van der Waals surface area contributed by atoms with E-state index in [-0.39, 0.29) is 10.3 Å². The van der Waals surface area contributed by atoms with Gasteiger partial charge in [-0.25, -0.2) is 15.0 Å². The molecule has 21 heavy (non-hydrogen) atoms. The number of aromatic nitrogens is 3. The molecule has 0 atom stereocenters. The molecule has 0 aliphatic rings. The molecular formula is C13H5BrCl3N3S. The molecule has 3 rings (SSSR count). The first-order valence-corrected chi connectivity index (χ1v) is 8.39. The number of thiazole rings is 1. The second kappa shape index (κ2) is 6.18. The summed E-state index contributed by atoms with van der Waals surface area (Å²) >= 11 is 23.1. The monoisotopic (exact) mass is 419 g/mol. The molecule has 106 valence electrons. The quantitative estimate of drug-likeness (QED) is 0.477. The van der Waals surface area contributed by atoms with Crippen molar-refractivity contribution in [3.63, 3.8) is 0 Å². The summed E-state index contributed by atoms with van der Waals surface area (Å²) in [5.74, 6) is 0.362. The SMILES string of the molecule is Clc1cnc(-c2nc(Cl)c(-c3cccc(Br)c3)c(Cl)n2)s1. The van der Waals surface area contributed by atoms with Crippen LogP contribution in [0.2, 0.25) is 14.6 Å². The number of halogens is 4. The number of benzene rings is 1. The Labute approximate surface area is 148 Å². The van der Waals surface area contributed by atoms with E-state index in [0.717, 1.165) is 10.0 Å². The summed E-state index contributed by atoms with van der Waals surface area (Å²) in [5, 5.41) is 1.12. The van der Waals surface area contributed by atoms with E-state index in [1.807, 2.05) is 24.3 Å². The molecule has 0 radical (unpaired) electrons. The van der Waals surface area contributed by atoms with E-state index in [2.05, 4.69) is 30.9 Å². The molecule has 1 aromatic carbocycles. The van der Waals surface area contributed by atoms with Gasteiger partial charge in [0.2, 0.25) is 0 Å². The highest BCUT2D eigenvalue weighted by Crippen LogP contribution is 2.36. The van der Waals surface area contributed by atoms with Crippen LogP contribution in [-0.4, -0.2) is 15.0 Å². The highest BCUT2D eigenvalue weighted by molar-refractivity contribution is 9.10. The summed E-state index contributed by atoms with van der Waals surface area (Å²) in [6.45, 7) is 0. The zero-order valence-corrected chi connectivity index (χ0v) is 14.8. The Hall–Kier alpha value is -0.720. The molecule has 0 N–H and O–H groups in total. The third-order valence-corrected chi connectivity index (χ3v) is 4.75. The molecule has 8 heteroatoms. The molecule has 0 aliphatic heterocycles. The van der Waals surface area contributed by atoms with Gasteiger partial charge in [-0.05, 0) is 17.7 Å². The topological polar surface area (TPSA) is 38.7 Å². The molecule has 0 unspecified atom stereocenters. The van der Waals surface area contributed by atoms with Crippen molar-refractivity contribution in [1.82, 2.24) is 15.0 Å². The van der Waals surface area contributed by atoms with Gasteiger partial charge in [-0.15, -0.1) is 0 Å². The van der Waals surface area contributed by atoms with Gasteiger partial charge in [0.25, 0.3) is 0 Å². The van der Waals surface area contributed by atoms with Crippen molar-refractivity contribution in [1.29, 1.82) is 0 Å². The predicted molar refractivity (Wildman–Crippen MR) is 91.3 cm³/mol. The normalized spacial score (nSPS) is 10.9. The molecule has 0 saturated heterocycles. The molecule has 0 bridgehead atoms. The van der Waals surface area contributed by atoms with Crippen molar-refractivity contribution in [2.75, 3.05) is 0 Å². The van der Waals surface area contributed by atoms with Crippen molar-refractivity contribution < 1.29 is 0 Å². The smallest absolute Gasteiger partial charge is 0.191 e. The van der Waals surface area contributed by atoms with Gasteiger partial charge in [0.05, 0.1) is 11.8 Å². The molecule has 0 amide bonds. The Kier molecular flexibility index (Phi) is 4.47. The Morgan fingerprint density at radius 3 is 2.33 bits per heavy atom. The average molecular weight is 422 g/mol. The Balaban J connectivity index is 2.12. The lowest BCUT2D eigenvalue weighted by Gasteiger charge is -2.07. The second-order valence-corrected chi connectivity index (χ2v) is 7.28. The first-order valence-electron chi connectivity index (χ1n) is 5.65. The van der Waals surface area contributed by atoms with Gasteiger partial charge in [-0.3, -0.25) is 0 Å². The summed E-state index contributed by atoms with van der Waals surface area (Å²) in [7, 11) is 0. The molecule has 0 saturated carbocycles. The fraction of sp³-hybridized carbons (Fsp3) is 0. The Morgan fingerprint density at radius 2 is 1.76 bits per heavy atom. The van der Waals surface area contributed by atoms with Crippen LogP contribution in [0, 0.1) is 0 Å². The van der Waals surface area contributed by atoms with Gasteiger partial charge in [0.1, 0.15) is 14.6 Å². The third kappa shape index (κ3) is 3.22. The first-order chi connectivity index (χ1) is 10.0. The molecule has 3 aromatic rings. The molecule has 2 aromatic heterocycles. The van der Waals surface area contributed by atoms with E-state index in [4.69, 9.17) is 34.8 Å². The second-order valence-electron chi connectivity index (χ2n) is 3.98. The van der Waals surface area contributed by atoms with Gasteiger partial charge in [0.15, 0.2) is 10.8 Å². The van der Waals surface area contributed by atoms with E-state index >= 15 is 0 Å². The molecule has 0 spiro atoms.